The molecule has 2 aliphatic rings. The molecule has 17 heteroatoms. The predicted octanol–water partition coefficient (Wildman–Crippen LogP) is 7.47. The number of nitrogen functional groups attached to an aromatic ring is 2. The third kappa shape index (κ3) is 10.9. The van der Waals surface area contributed by atoms with Crippen LogP contribution in [0.4, 0.5) is 34.4 Å². The van der Waals surface area contributed by atoms with Gasteiger partial charge in [0, 0.05) is 79.7 Å². The van der Waals surface area contributed by atoms with E-state index in [9.17, 15) is 0 Å². The van der Waals surface area contributed by atoms with Crippen molar-refractivity contribution in [2.45, 2.75) is 52.1 Å². The molecule has 2 fully saturated rings. The summed E-state index contributed by atoms with van der Waals surface area (Å²) in [4.78, 5) is 22.2. The summed E-state index contributed by atoms with van der Waals surface area (Å²) in [5.74, 6) is 3.24. The van der Waals surface area contributed by atoms with E-state index in [1.807, 2.05) is 106 Å². The Kier molecular flexibility index (Phi) is 13.5. The van der Waals surface area contributed by atoms with E-state index in [-0.39, 0.29) is 24.4 Å². The topological polar surface area (TPSA) is 187 Å². The largest absolute Gasteiger partial charge is 0.399 e. The maximum Gasteiger partial charge on any atom is 0.182 e. The Morgan fingerprint density at radius 2 is 1.03 bits per heavy atom. The first-order chi connectivity index (χ1) is 31.0. The lowest BCUT2D eigenvalue weighted by molar-refractivity contribution is -0.00565. The zero-order valence-electron chi connectivity index (χ0n) is 36.2. The molecular weight excluding hydrogens is 825 g/mol. The molecule has 10 rings (SSSR count). The highest BCUT2D eigenvalue weighted by Gasteiger charge is 2.27. The van der Waals surface area contributed by atoms with Gasteiger partial charge in [0.15, 0.2) is 28.4 Å². The molecule has 0 aliphatic carbocycles. The number of nitrogens with zero attached hydrogens (tertiary/aromatic N) is 10. The van der Waals surface area contributed by atoms with Crippen LogP contribution in [-0.4, -0.2) is 94.9 Å². The average molecular weight is 877 g/mol. The number of hydrogen-bond acceptors (Lipinski definition) is 13. The zero-order chi connectivity index (χ0) is 44.6. The van der Waals surface area contributed by atoms with Crippen LogP contribution in [0.1, 0.15) is 27.7 Å². The SMILES string of the molecule is C[C@@H]1CN(c2nc(-c3ccc(N)cc3)nn3cccc23)C[C@H](C)O1.C[C@@H]1CN(c2nc(-c3ccc(NC(=S)Nc4cccnc4)cc3)nn3cccc23)C[C@H](C)O1.Nc1cccnc1. The number of aromatic nitrogens is 8. The summed E-state index contributed by atoms with van der Waals surface area (Å²) >= 11 is 5.40. The van der Waals surface area contributed by atoms with Crippen molar-refractivity contribution < 1.29 is 9.47 Å². The number of fused-ring (bicyclic) bond motifs is 2. The molecule has 0 unspecified atom stereocenters. The molecule has 6 aromatic heterocycles. The van der Waals surface area contributed by atoms with Gasteiger partial charge in [0.05, 0.1) is 42.0 Å². The third-order valence-corrected chi connectivity index (χ3v) is 10.6. The Labute approximate surface area is 377 Å². The summed E-state index contributed by atoms with van der Waals surface area (Å²) in [5.41, 5.74) is 18.1. The first-order valence-electron chi connectivity index (χ1n) is 21.2. The maximum atomic E-state index is 5.91. The van der Waals surface area contributed by atoms with Crippen molar-refractivity contribution in [2.24, 2.45) is 0 Å². The van der Waals surface area contributed by atoms with Crippen LogP contribution in [0.3, 0.4) is 0 Å². The molecule has 2 aliphatic heterocycles. The number of morpholine rings is 2. The second-order valence-corrected chi connectivity index (χ2v) is 16.2. The Balaban J connectivity index is 0.000000157. The summed E-state index contributed by atoms with van der Waals surface area (Å²) in [6.07, 6.45) is 11.3. The number of nitrogens with two attached hydrogens (primary N) is 2. The molecule has 0 amide bonds. The second-order valence-electron chi connectivity index (χ2n) is 15.8. The van der Waals surface area contributed by atoms with Crippen LogP contribution in [-0.2, 0) is 9.47 Å². The van der Waals surface area contributed by atoms with E-state index in [2.05, 4.69) is 63.2 Å². The smallest absolute Gasteiger partial charge is 0.182 e. The number of nitrogens with one attached hydrogen (secondary N) is 2. The second kappa shape index (κ2) is 19.9. The number of ether oxygens (including phenoxy) is 2. The van der Waals surface area contributed by atoms with Crippen LogP contribution in [0.15, 0.2) is 134 Å². The molecule has 64 heavy (non-hydrogen) atoms. The fraction of sp³-hybridized carbons (Fsp3) is 0.255. The monoisotopic (exact) mass is 876 g/mol. The summed E-state index contributed by atoms with van der Waals surface area (Å²) in [5, 5.41) is 16.2. The fourth-order valence-electron chi connectivity index (χ4n) is 7.69. The average Bonchev–Trinajstić information content (AvgIpc) is 3.97. The van der Waals surface area contributed by atoms with Gasteiger partial charge in [-0.1, -0.05) is 0 Å². The summed E-state index contributed by atoms with van der Waals surface area (Å²) in [6, 6.07) is 31.0. The molecule has 2 aromatic carbocycles. The number of anilines is 6. The highest BCUT2D eigenvalue weighted by atomic mass is 32.1. The predicted molar refractivity (Wildman–Crippen MR) is 258 cm³/mol. The molecule has 0 spiro atoms. The molecule has 0 saturated carbocycles. The summed E-state index contributed by atoms with van der Waals surface area (Å²) in [6.45, 7) is 11.6. The Bertz CT molecular complexity index is 2750. The molecule has 16 nitrogen and oxygen atoms in total. The van der Waals surface area contributed by atoms with Crippen LogP contribution in [0, 0.1) is 0 Å². The number of benzene rings is 2. The van der Waals surface area contributed by atoms with Gasteiger partial charge in [-0.15, -0.1) is 10.2 Å². The summed E-state index contributed by atoms with van der Waals surface area (Å²) in [7, 11) is 0. The minimum Gasteiger partial charge on any atom is -0.399 e. The highest BCUT2D eigenvalue weighted by molar-refractivity contribution is 7.80. The van der Waals surface area contributed by atoms with Gasteiger partial charge in [-0.25, -0.2) is 19.0 Å². The minimum absolute atomic E-state index is 0.150. The third-order valence-electron chi connectivity index (χ3n) is 10.4. The molecule has 0 bridgehead atoms. The first-order valence-corrected chi connectivity index (χ1v) is 21.6. The normalized spacial score (nSPS) is 18.4. The molecule has 8 aromatic rings. The van der Waals surface area contributed by atoms with E-state index in [4.69, 9.17) is 48.2 Å². The first kappa shape index (κ1) is 43.4. The highest BCUT2D eigenvalue weighted by Crippen LogP contribution is 2.29. The van der Waals surface area contributed by atoms with E-state index in [0.717, 1.165) is 77.0 Å². The minimum atomic E-state index is 0.150. The molecule has 8 heterocycles. The van der Waals surface area contributed by atoms with Gasteiger partial charge in [-0.2, -0.15) is 0 Å². The quantitative estimate of drug-likeness (QED) is 0.0951. The van der Waals surface area contributed by atoms with Crippen LogP contribution in [0.25, 0.3) is 33.8 Å². The Morgan fingerprint density at radius 3 is 1.47 bits per heavy atom. The van der Waals surface area contributed by atoms with E-state index >= 15 is 0 Å². The van der Waals surface area contributed by atoms with Gasteiger partial charge in [0.1, 0.15) is 11.0 Å². The van der Waals surface area contributed by atoms with Crippen molar-refractivity contribution in [1.29, 1.82) is 0 Å². The van der Waals surface area contributed by atoms with Crippen LogP contribution in [0.2, 0.25) is 0 Å². The van der Waals surface area contributed by atoms with Crippen molar-refractivity contribution >= 4 is 62.7 Å². The van der Waals surface area contributed by atoms with Crippen LogP contribution < -0.4 is 31.9 Å². The van der Waals surface area contributed by atoms with Crippen molar-refractivity contribution in [3.05, 3.63) is 134 Å². The van der Waals surface area contributed by atoms with Gasteiger partial charge in [0.25, 0.3) is 0 Å². The van der Waals surface area contributed by atoms with Crippen molar-refractivity contribution in [2.75, 3.05) is 58.1 Å². The molecule has 4 atom stereocenters. The molecule has 328 valence electrons. The van der Waals surface area contributed by atoms with Crippen LogP contribution in [0.5, 0.6) is 0 Å². The van der Waals surface area contributed by atoms with Gasteiger partial charge >= 0.3 is 0 Å². The van der Waals surface area contributed by atoms with Crippen molar-refractivity contribution in [1.82, 2.24) is 39.2 Å². The molecule has 0 radical (unpaired) electrons. The molecular formula is C47H52N14O2S. The number of thiocarbonyl (C=S) groups is 1. The van der Waals surface area contributed by atoms with Crippen LogP contribution >= 0.6 is 12.2 Å². The number of hydrogen-bond donors (Lipinski definition) is 4. The molecule has 6 N–H and O–H groups in total. The fourth-order valence-corrected chi connectivity index (χ4v) is 7.93. The number of rotatable bonds is 6. The number of pyridine rings is 2. The zero-order valence-corrected chi connectivity index (χ0v) is 37.0. The Hall–Kier alpha value is -7.21. The van der Waals surface area contributed by atoms with Crippen molar-refractivity contribution in [3.8, 4) is 22.8 Å². The summed E-state index contributed by atoms with van der Waals surface area (Å²) < 4.78 is 15.5. The standard InChI is InChI=1S/C24H25N7OS.C18H21N5O.C5H6N2/c1-16-14-30(15-17(2)32-16)23-21-6-4-12-31(21)29-22(28-23)18-7-9-19(10-8-18)26-24(33)27-20-5-3-11-25-13-20;1-12-10-22(11-13(2)24-12)18-16-4-3-9-23(16)21-17(20-18)14-5-7-15(19)8-6-14;6-5-2-1-3-7-4-5/h3-13,16-17H,14-15H2,1-2H3,(H2,26,27,33);3-9,12-13H,10-11,19H2,1-2H3;1-4H,6H2/t16-,17+;12-,13+;. The van der Waals surface area contributed by atoms with E-state index in [0.29, 0.717) is 22.4 Å². The van der Waals surface area contributed by atoms with Gasteiger partial charge in [-0.05, 0) is 137 Å². The van der Waals surface area contributed by atoms with Gasteiger partial charge in [-0.3, -0.25) is 9.97 Å². The lowest BCUT2D eigenvalue weighted by Gasteiger charge is -2.36. The lowest BCUT2D eigenvalue weighted by atomic mass is 10.2. The maximum absolute atomic E-state index is 5.91. The van der Waals surface area contributed by atoms with Gasteiger partial charge in [0.2, 0.25) is 0 Å². The van der Waals surface area contributed by atoms with Crippen molar-refractivity contribution in [3.63, 3.8) is 0 Å². The molecule has 2 saturated heterocycles. The lowest BCUT2D eigenvalue weighted by Crippen LogP contribution is -2.46. The van der Waals surface area contributed by atoms with E-state index in [1.54, 1.807) is 36.9 Å². The Morgan fingerprint density at radius 1 is 0.562 bits per heavy atom. The van der Waals surface area contributed by atoms with Gasteiger partial charge < -0.3 is 41.4 Å². The van der Waals surface area contributed by atoms with E-state index < -0.39 is 0 Å². The van der Waals surface area contributed by atoms with E-state index in [1.165, 1.54) is 0 Å².